The van der Waals surface area contributed by atoms with E-state index >= 15 is 0 Å². The maximum Gasteiger partial charge on any atom is 0.228 e. The number of ether oxygens (including phenoxy) is 1. The van der Waals surface area contributed by atoms with Crippen LogP contribution in [-0.2, 0) is 28.9 Å². The summed E-state index contributed by atoms with van der Waals surface area (Å²) in [7, 11) is 0. The molecule has 3 fully saturated rings. The van der Waals surface area contributed by atoms with Crippen molar-refractivity contribution in [2.45, 2.75) is 64.5 Å². The molecule has 1 saturated carbocycles. The number of rotatable bonds is 5. The highest BCUT2D eigenvalue weighted by atomic mass is 16.5. The first kappa shape index (κ1) is 20.5. The number of aromatic amines is 1. The van der Waals surface area contributed by atoms with Gasteiger partial charge in [-0.25, -0.2) is 0 Å². The van der Waals surface area contributed by atoms with Gasteiger partial charge < -0.3 is 15.0 Å². The Morgan fingerprint density at radius 1 is 1.27 bits per heavy atom. The van der Waals surface area contributed by atoms with Crippen molar-refractivity contribution in [3.63, 3.8) is 0 Å². The maximum atomic E-state index is 13.7. The van der Waals surface area contributed by atoms with E-state index in [1.54, 1.807) is 0 Å². The van der Waals surface area contributed by atoms with Gasteiger partial charge in [0.25, 0.3) is 0 Å². The van der Waals surface area contributed by atoms with Gasteiger partial charge in [0.05, 0.1) is 30.9 Å². The molecule has 2 saturated heterocycles. The van der Waals surface area contributed by atoms with E-state index in [0.717, 1.165) is 90.2 Å². The Bertz CT molecular complexity index is 759. The molecule has 3 heterocycles. The SMILES string of the molecule is CCN1CC[C@@H]2C[C@@H](N3CCOCC3)CC[C@@]2(C(=O)NCc2n[nH]c3c2CCC3)C1. The molecule has 30 heavy (non-hydrogen) atoms. The van der Waals surface area contributed by atoms with Crippen LogP contribution in [0.3, 0.4) is 0 Å². The molecule has 0 spiro atoms. The summed E-state index contributed by atoms with van der Waals surface area (Å²) in [6.45, 7) is 9.64. The van der Waals surface area contributed by atoms with Gasteiger partial charge in [0.2, 0.25) is 5.91 Å². The molecule has 2 N–H and O–H groups in total. The van der Waals surface area contributed by atoms with Crippen LogP contribution < -0.4 is 5.32 Å². The normalized spacial score (nSPS) is 32.6. The number of aromatic nitrogens is 2. The second-order valence-electron chi connectivity index (χ2n) is 9.75. The Balaban J connectivity index is 1.29. The molecule has 166 valence electrons. The number of amides is 1. The van der Waals surface area contributed by atoms with Crippen molar-refractivity contribution < 1.29 is 9.53 Å². The topological polar surface area (TPSA) is 73.5 Å². The Labute approximate surface area is 179 Å². The monoisotopic (exact) mass is 415 g/mol. The van der Waals surface area contributed by atoms with Crippen LogP contribution in [-0.4, -0.2) is 77.9 Å². The lowest BCUT2D eigenvalue weighted by Crippen LogP contribution is -2.60. The quantitative estimate of drug-likeness (QED) is 0.766. The zero-order valence-corrected chi connectivity index (χ0v) is 18.4. The predicted octanol–water partition coefficient (Wildman–Crippen LogP) is 1.73. The molecule has 0 unspecified atom stereocenters. The van der Waals surface area contributed by atoms with Crippen LogP contribution in [0.1, 0.15) is 56.0 Å². The smallest absolute Gasteiger partial charge is 0.228 e. The van der Waals surface area contributed by atoms with E-state index in [2.05, 4.69) is 32.2 Å². The molecule has 4 aliphatic rings. The van der Waals surface area contributed by atoms with Gasteiger partial charge in [-0.05, 0) is 69.5 Å². The third-order valence-electron chi connectivity index (χ3n) is 8.33. The summed E-state index contributed by atoms with van der Waals surface area (Å²) >= 11 is 0. The van der Waals surface area contributed by atoms with Crippen molar-refractivity contribution in [1.82, 2.24) is 25.3 Å². The van der Waals surface area contributed by atoms with E-state index in [4.69, 9.17) is 4.74 Å². The number of piperidine rings is 1. The lowest BCUT2D eigenvalue weighted by molar-refractivity contribution is -0.145. The van der Waals surface area contributed by atoms with Crippen LogP contribution in [0.5, 0.6) is 0 Å². The summed E-state index contributed by atoms with van der Waals surface area (Å²) in [5.74, 6) is 0.743. The number of H-pyrrole nitrogens is 1. The highest BCUT2D eigenvalue weighted by Crippen LogP contribution is 2.48. The van der Waals surface area contributed by atoms with Crippen LogP contribution in [0, 0.1) is 11.3 Å². The van der Waals surface area contributed by atoms with E-state index < -0.39 is 0 Å². The largest absolute Gasteiger partial charge is 0.379 e. The number of nitrogens with zero attached hydrogens (tertiary/aromatic N) is 3. The van der Waals surface area contributed by atoms with E-state index in [9.17, 15) is 4.79 Å². The molecule has 0 aromatic carbocycles. The minimum Gasteiger partial charge on any atom is -0.379 e. The van der Waals surface area contributed by atoms with E-state index in [0.29, 0.717) is 18.5 Å². The first-order valence-electron chi connectivity index (χ1n) is 12.1. The first-order valence-corrected chi connectivity index (χ1v) is 12.1. The van der Waals surface area contributed by atoms with Crippen molar-refractivity contribution in [1.29, 1.82) is 0 Å². The van der Waals surface area contributed by atoms with Gasteiger partial charge in [0.15, 0.2) is 0 Å². The fraction of sp³-hybridized carbons (Fsp3) is 0.826. The summed E-state index contributed by atoms with van der Waals surface area (Å²) in [4.78, 5) is 18.8. The minimum atomic E-state index is -0.240. The third-order valence-corrected chi connectivity index (χ3v) is 8.33. The zero-order chi connectivity index (χ0) is 20.6. The van der Waals surface area contributed by atoms with Gasteiger partial charge in [-0.1, -0.05) is 6.92 Å². The molecule has 7 nitrogen and oxygen atoms in total. The number of hydrogen-bond acceptors (Lipinski definition) is 5. The van der Waals surface area contributed by atoms with E-state index in [1.807, 2.05) is 0 Å². The Kier molecular flexibility index (Phi) is 5.86. The molecule has 2 aliphatic heterocycles. The number of nitrogens with one attached hydrogen (secondary N) is 2. The molecule has 1 aromatic heterocycles. The number of carbonyl (C=O) groups excluding carboxylic acids is 1. The molecule has 1 aromatic rings. The van der Waals surface area contributed by atoms with Crippen molar-refractivity contribution in [2.24, 2.45) is 11.3 Å². The van der Waals surface area contributed by atoms with Crippen LogP contribution in [0.15, 0.2) is 0 Å². The number of likely N-dealkylation sites (tertiary alicyclic amines) is 1. The highest BCUT2D eigenvalue weighted by molar-refractivity contribution is 5.83. The minimum absolute atomic E-state index is 0.240. The van der Waals surface area contributed by atoms with Crippen LogP contribution >= 0.6 is 0 Å². The maximum absolute atomic E-state index is 13.7. The third kappa shape index (κ3) is 3.69. The summed E-state index contributed by atoms with van der Waals surface area (Å²) in [6, 6.07) is 0.614. The molecule has 5 rings (SSSR count). The molecule has 3 atom stereocenters. The number of carbonyl (C=O) groups is 1. The molecule has 7 heteroatoms. The standard InChI is InChI=1S/C23H37N5O2/c1-2-27-9-7-17-14-18(28-10-12-30-13-11-28)6-8-23(17,16-27)22(29)24-15-21-19-4-3-5-20(19)25-26-21/h17-18H,2-16H2,1H3,(H,24,29)(H,25,26)/t17-,18+,23-/m1/s1. The molecule has 1 amide bonds. The van der Waals surface area contributed by atoms with Gasteiger partial charge in [-0.3, -0.25) is 14.8 Å². The van der Waals surface area contributed by atoms with Gasteiger partial charge in [0, 0.05) is 31.4 Å². The summed E-state index contributed by atoms with van der Waals surface area (Å²) in [5, 5.41) is 11.0. The van der Waals surface area contributed by atoms with Crippen molar-refractivity contribution >= 4 is 5.91 Å². The summed E-state index contributed by atoms with van der Waals surface area (Å²) in [6.07, 6.45) is 7.81. The molecule has 0 bridgehead atoms. The lowest BCUT2D eigenvalue weighted by Gasteiger charge is -2.53. The second-order valence-corrected chi connectivity index (χ2v) is 9.75. The average Bonchev–Trinajstić information content (AvgIpc) is 3.41. The van der Waals surface area contributed by atoms with E-state index in [-0.39, 0.29) is 11.3 Å². The van der Waals surface area contributed by atoms with E-state index in [1.165, 1.54) is 17.7 Å². The average molecular weight is 416 g/mol. The van der Waals surface area contributed by atoms with Crippen LogP contribution in [0.4, 0.5) is 0 Å². The molecular weight excluding hydrogens is 378 g/mol. The van der Waals surface area contributed by atoms with Crippen molar-refractivity contribution in [2.75, 3.05) is 45.9 Å². The lowest BCUT2D eigenvalue weighted by atomic mass is 9.61. The molecule has 0 radical (unpaired) electrons. The van der Waals surface area contributed by atoms with Gasteiger partial charge in [-0.15, -0.1) is 0 Å². The van der Waals surface area contributed by atoms with Gasteiger partial charge in [0.1, 0.15) is 0 Å². The Morgan fingerprint density at radius 2 is 2.13 bits per heavy atom. The number of morpholine rings is 1. The van der Waals surface area contributed by atoms with Crippen LogP contribution in [0.2, 0.25) is 0 Å². The first-order chi connectivity index (χ1) is 14.7. The molecular formula is C23H37N5O2. The predicted molar refractivity (Wildman–Crippen MR) is 115 cm³/mol. The fourth-order valence-electron chi connectivity index (χ4n) is 6.51. The number of aryl methyl sites for hydroxylation is 1. The Hall–Kier alpha value is -1.44. The number of fused-ring (bicyclic) bond motifs is 2. The van der Waals surface area contributed by atoms with Crippen LogP contribution in [0.25, 0.3) is 0 Å². The Morgan fingerprint density at radius 3 is 2.97 bits per heavy atom. The van der Waals surface area contributed by atoms with Gasteiger partial charge >= 0.3 is 0 Å². The summed E-state index contributed by atoms with van der Waals surface area (Å²) < 4.78 is 5.56. The summed E-state index contributed by atoms with van der Waals surface area (Å²) in [5.41, 5.74) is 3.43. The van der Waals surface area contributed by atoms with Gasteiger partial charge in [-0.2, -0.15) is 5.10 Å². The number of hydrogen-bond donors (Lipinski definition) is 2. The second kappa shape index (κ2) is 8.60. The zero-order valence-electron chi connectivity index (χ0n) is 18.4. The molecule has 2 aliphatic carbocycles. The van der Waals surface area contributed by atoms with Crippen molar-refractivity contribution in [3.05, 3.63) is 17.0 Å². The fourth-order valence-corrected chi connectivity index (χ4v) is 6.51. The van der Waals surface area contributed by atoms with Crippen molar-refractivity contribution in [3.8, 4) is 0 Å². The highest BCUT2D eigenvalue weighted by Gasteiger charge is 2.52.